The molecule has 3 unspecified atom stereocenters. The Bertz CT molecular complexity index is 243. The fourth-order valence-electron chi connectivity index (χ4n) is 2.89. The third-order valence-corrected chi connectivity index (χ3v) is 4.57. The van der Waals surface area contributed by atoms with Crippen molar-refractivity contribution < 1.29 is 4.74 Å². The van der Waals surface area contributed by atoms with E-state index in [1.165, 1.54) is 6.42 Å². The lowest BCUT2D eigenvalue weighted by Crippen LogP contribution is -2.65. The van der Waals surface area contributed by atoms with E-state index >= 15 is 0 Å². The lowest BCUT2D eigenvalue weighted by atomic mass is 9.89. The van der Waals surface area contributed by atoms with E-state index in [1.54, 1.807) is 7.11 Å². The van der Waals surface area contributed by atoms with Crippen molar-refractivity contribution in [3.05, 3.63) is 0 Å². The van der Waals surface area contributed by atoms with Crippen molar-refractivity contribution in [2.75, 3.05) is 26.8 Å². The Balaban J connectivity index is 2.64. The summed E-state index contributed by atoms with van der Waals surface area (Å²) in [6, 6.07) is 1.22. The van der Waals surface area contributed by atoms with E-state index in [0.29, 0.717) is 12.1 Å². The largest absolute Gasteiger partial charge is 0.385 e. The Kier molecular flexibility index (Phi) is 6.09. The molecule has 0 aliphatic carbocycles. The van der Waals surface area contributed by atoms with Gasteiger partial charge >= 0.3 is 0 Å². The highest BCUT2D eigenvalue weighted by atomic mass is 16.5. The molecule has 1 saturated heterocycles. The van der Waals surface area contributed by atoms with E-state index in [0.717, 1.165) is 32.0 Å². The van der Waals surface area contributed by atoms with Gasteiger partial charge in [-0.3, -0.25) is 4.90 Å². The molecular formula is C15H32N2O. The summed E-state index contributed by atoms with van der Waals surface area (Å²) < 4.78 is 5.22. The fourth-order valence-corrected chi connectivity index (χ4v) is 2.89. The zero-order valence-corrected chi connectivity index (χ0v) is 13.1. The van der Waals surface area contributed by atoms with Crippen LogP contribution >= 0.6 is 0 Å². The van der Waals surface area contributed by atoms with Crippen molar-refractivity contribution in [3.63, 3.8) is 0 Å². The molecule has 108 valence electrons. The lowest BCUT2D eigenvalue weighted by Gasteiger charge is -2.50. The van der Waals surface area contributed by atoms with Crippen molar-refractivity contribution in [1.82, 2.24) is 10.2 Å². The van der Waals surface area contributed by atoms with Crippen LogP contribution in [0.2, 0.25) is 0 Å². The first-order valence-electron chi connectivity index (χ1n) is 7.41. The Morgan fingerprint density at radius 2 is 2.06 bits per heavy atom. The first-order valence-corrected chi connectivity index (χ1v) is 7.41. The molecule has 0 aromatic carbocycles. The van der Waals surface area contributed by atoms with E-state index in [-0.39, 0.29) is 5.54 Å². The molecule has 0 aromatic rings. The monoisotopic (exact) mass is 256 g/mol. The van der Waals surface area contributed by atoms with Crippen molar-refractivity contribution in [3.8, 4) is 0 Å². The van der Waals surface area contributed by atoms with Crippen LogP contribution in [0.4, 0.5) is 0 Å². The third-order valence-electron chi connectivity index (χ3n) is 4.57. The van der Waals surface area contributed by atoms with Gasteiger partial charge < -0.3 is 10.1 Å². The van der Waals surface area contributed by atoms with Gasteiger partial charge in [0, 0.05) is 44.4 Å². The first kappa shape index (κ1) is 15.9. The van der Waals surface area contributed by atoms with Gasteiger partial charge in [-0.05, 0) is 33.1 Å². The van der Waals surface area contributed by atoms with Gasteiger partial charge in [-0.15, -0.1) is 0 Å². The van der Waals surface area contributed by atoms with Crippen molar-refractivity contribution in [2.24, 2.45) is 5.92 Å². The van der Waals surface area contributed by atoms with Crippen LogP contribution < -0.4 is 5.32 Å². The molecule has 1 N–H and O–H groups in total. The summed E-state index contributed by atoms with van der Waals surface area (Å²) in [5.74, 6) is 0.748. The van der Waals surface area contributed by atoms with E-state index in [9.17, 15) is 0 Å². The summed E-state index contributed by atoms with van der Waals surface area (Å²) >= 11 is 0. The number of hydrogen-bond acceptors (Lipinski definition) is 3. The van der Waals surface area contributed by atoms with Crippen LogP contribution in [0.15, 0.2) is 0 Å². The number of hydrogen-bond donors (Lipinski definition) is 1. The number of nitrogens with zero attached hydrogens (tertiary/aromatic N) is 1. The second-order valence-electron chi connectivity index (χ2n) is 6.47. The number of piperazine rings is 1. The van der Waals surface area contributed by atoms with Gasteiger partial charge in [0.15, 0.2) is 0 Å². The molecule has 1 heterocycles. The maximum Gasteiger partial charge on any atom is 0.0477 e. The molecule has 3 atom stereocenters. The summed E-state index contributed by atoms with van der Waals surface area (Å²) in [5, 5.41) is 3.73. The SMILES string of the molecule is CCC(C)C1CN(C(C)CCOC)C(C)(C)CN1. The van der Waals surface area contributed by atoms with Crippen molar-refractivity contribution >= 4 is 0 Å². The second kappa shape index (κ2) is 6.88. The van der Waals surface area contributed by atoms with E-state index in [4.69, 9.17) is 4.74 Å². The van der Waals surface area contributed by atoms with Crippen LogP contribution in [-0.2, 0) is 4.74 Å². The molecule has 3 heteroatoms. The summed E-state index contributed by atoms with van der Waals surface area (Å²) in [7, 11) is 1.79. The number of methoxy groups -OCH3 is 1. The van der Waals surface area contributed by atoms with Crippen molar-refractivity contribution in [1.29, 1.82) is 0 Å². The minimum atomic E-state index is 0.247. The van der Waals surface area contributed by atoms with Gasteiger partial charge in [0.2, 0.25) is 0 Å². The number of nitrogens with one attached hydrogen (secondary N) is 1. The highest BCUT2D eigenvalue weighted by Crippen LogP contribution is 2.25. The Morgan fingerprint density at radius 1 is 1.39 bits per heavy atom. The van der Waals surface area contributed by atoms with Crippen LogP contribution in [0.1, 0.15) is 47.5 Å². The summed E-state index contributed by atoms with van der Waals surface area (Å²) in [4.78, 5) is 2.67. The zero-order chi connectivity index (χ0) is 13.8. The van der Waals surface area contributed by atoms with E-state index in [1.807, 2.05) is 0 Å². The summed E-state index contributed by atoms with van der Waals surface area (Å²) in [6.45, 7) is 14.8. The van der Waals surface area contributed by atoms with Gasteiger partial charge in [0.25, 0.3) is 0 Å². The molecule has 0 amide bonds. The maximum atomic E-state index is 5.22. The van der Waals surface area contributed by atoms with Gasteiger partial charge in [0.05, 0.1) is 0 Å². The second-order valence-corrected chi connectivity index (χ2v) is 6.47. The molecule has 0 saturated carbocycles. The molecular weight excluding hydrogens is 224 g/mol. The van der Waals surface area contributed by atoms with Gasteiger partial charge in [-0.1, -0.05) is 20.3 Å². The van der Waals surface area contributed by atoms with Crippen LogP contribution in [0.25, 0.3) is 0 Å². The fraction of sp³-hybridized carbons (Fsp3) is 1.00. The normalized spacial score (nSPS) is 28.0. The predicted molar refractivity (Wildman–Crippen MR) is 78.0 cm³/mol. The first-order chi connectivity index (χ1) is 8.42. The number of rotatable bonds is 6. The van der Waals surface area contributed by atoms with Crippen LogP contribution in [0, 0.1) is 5.92 Å². The summed E-state index contributed by atoms with van der Waals surface area (Å²) in [6.07, 6.45) is 2.37. The predicted octanol–water partition coefficient (Wildman–Crippen LogP) is 2.51. The standard InChI is InChI=1S/C15H32N2O/c1-7-12(2)14-10-17(13(3)8-9-18-6)15(4,5)11-16-14/h12-14,16H,7-11H2,1-6H3. The highest BCUT2D eigenvalue weighted by Gasteiger charge is 2.37. The molecule has 1 fully saturated rings. The molecule has 0 spiro atoms. The van der Waals surface area contributed by atoms with Crippen LogP contribution in [0.5, 0.6) is 0 Å². The maximum absolute atomic E-state index is 5.22. The van der Waals surface area contributed by atoms with Crippen LogP contribution in [-0.4, -0.2) is 49.3 Å². The quantitative estimate of drug-likeness (QED) is 0.790. The molecule has 1 rings (SSSR count). The average molecular weight is 256 g/mol. The van der Waals surface area contributed by atoms with E-state index in [2.05, 4.69) is 44.8 Å². The van der Waals surface area contributed by atoms with Gasteiger partial charge in [0.1, 0.15) is 0 Å². The number of ether oxygens (including phenoxy) is 1. The molecule has 0 radical (unpaired) electrons. The molecule has 0 bridgehead atoms. The van der Waals surface area contributed by atoms with Crippen LogP contribution in [0.3, 0.4) is 0 Å². The molecule has 3 nitrogen and oxygen atoms in total. The van der Waals surface area contributed by atoms with Crippen molar-refractivity contribution in [2.45, 2.75) is 65.1 Å². The smallest absolute Gasteiger partial charge is 0.0477 e. The Morgan fingerprint density at radius 3 is 2.61 bits per heavy atom. The topological polar surface area (TPSA) is 24.5 Å². The third kappa shape index (κ3) is 3.94. The minimum Gasteiger partial charge on any atom is -0.385 e. The molecule has 1 aliphatic rings. The lowest BCUT2D eigenvalue weighted by molar-refractivity contribution is 0.00928. The Labute approximate surface area is 113 Å². The average Bonchev–Trinajstić information content (AvgIpc) is 2.34. The van der Waals surface area contributed by atoms with E-state index < -0.39 is 0 Å². The Hall–Kier alpha value is -0.120. The molecule has 0 aromatic heterocycles. The summed E-state index contributed by atoms with van der Waals surface area (Å²) in [5.41, 5.74) is 0.247. The molecule has 18 heavy (non-hydrogen) atoms. The highest BCUT2D eigenvalue weighted by molar-refractivity contribution is 4.96. The van der Waals surface area contributed by atoms with Gasteiger partial charge in [-0.2, -0.15) is 0 Å². The van der Waals surface area contributed by atoms with Gasteiger partial charge in [-0.25, -0.2) is 0 Å². The minimum absolute atomic E-state index is 0.247. The molecule has 1 aliphatic heterocycles. The zero-order valence-electron chi connectivity index (χ0n) is 13.1.